The average molecular weight is 378 g/mol. The Morgan fingerprint density at radius 1 is 0.737 bits per heavy atom. The molecule has 0 unspecified atom stereocenters. The maximum atomic E-state index is 3.51. The van der Waals surface area contributed by atoms with Crippen molar-refractivity contribution < 1.29 is 0 Å². The minimum absolute atomic E-state index is 1.16. The van der Waals surface area contributed by atoms with Crippen LogP contribution in [0.2, 0.25) is 0 Å². The summed E-state index contributed by atoms with van der Waals surface area (Å²) in [6.45, 7) is 2.33. The fraction of sp³-hybridized carbons (Fsp3) is 0.571. The Morgan fingerprint density at radius 3 is 1.74 bits per heavy atom. The van der Waals surface area contributed by atoms with Gasteiger partial charge in [-0.05, 0) is 24.3 Å². The van der Waals surface area contributed by atoms with Gasteiger partial charge in [-0.15, -0.1) is 0 Å². The molecular weight excluding hydrogens is 358 g/mol. The van der Waals surface area contributed by atoms with Crippen LogP contribution in [-0.4, -0.2) is 47.6 Å². The molecule has 1 aliphatic rings. The average Bonchev–Trinajstić information content (AvgIpc) is 2.41. The summed E-state index contributed by atoms with van der Waals surface area (Å²) in [5, 5.41) is 0. The lowest BCUT2D eigenvalue weighted by molar-refractivity contribution is 0.878. The summed E-state index contributed by atoms with van der Waals surface area (Å²) in [5.74, 6) is 7.68. The predicted octanol–water partition coefficient (Wildman–Crippen LogP) is 4.47. The van der Waals surface area contributed by atoms with E-state index in [-0.39, 0.29) is 0 Å². The van der Waals surface area contributed by atoms with Crippen LogP contribution < -0.4 is 4.90 Å². The molecule has 0 amide bonds. The maximum Gasteiger partial charge on any atom is 0.0367 e. The smallest absolute Gasteiger partial charge is 0.0367 e. The maximum absolute atomic E-state index is 3.51. The van der Waals surface area contributed by atoms with E-state index in [1.165, 1.54) is 40.2 Å². The number of hydrogen-bond acceptors (Lipinski definition) is 4. The Bertz CT molecular complexity index is 346. The van der Waals surface area contributed by atoms with Crippen LogP contribution in [0.15, 0.2) is 28.7 Å². The van der Waals surface area contributed by atoms with Crippen molar-refractivity contribution >= 4 is 56.9 Å². The van der Waals surface area contributed by atoms with E-state index in [1.807, 2.05) is 0 Å². The van der Waals surface area contributed by atoms with Crippen LogP contribution in [-0.2, 0) is 0 Å². The minimum atomic E-state index is 1.16. The van der Waals surface area contributed by atoms with Gasteiger partial charge in [0.1, 0.15) is 0 Å². The Hall–Kier alpha value is 0.550. The molecule has 1 aromatic carbocycles. The summed E-state index contributed by atoms with van der Waals surface area (Å²) in [6, 6.07) is 8.73. The van der Waals surface area contributed by atoms with Gasteiger partial charge in [-0.25, -0.2) is 0 Å². The van der Waals surface area contributed by atoms with Crippen molar-refractivity contribution in [2.45, 2.75) is 0 Å². The largest absolute Gasteiger partial charge is 0.370 e. The molecule has 0 saturated carbocycles. The van der Waals surface area contributed by atoms with Crippen LogP contribution in [0.25, 0.3) is 0 Å². The first-order valence-corrected chi connectivity index (χ1v) is 10.9. The molecule has 2 rings (SSSR count). The van der Waals surface area contributed by atoms with E-state index in [4.69, 9.17) is 0 Å². The molecule has 106 valence electrons. The second-order valence-corrected chi connectivity index (χ2v) is 8.89. The van der Waals surface area contributed by atoms with E-state index in [2.05, 4.69) is 80.4 Å². The Labute approximate surface area is 137 Å². The lowest BCUT2D eigenvalue weighted by Crippen LogP contribution is -2.28. The van der Waals surface area contributed by atoms with E-state index < -0.39 is 0 Å². The van der Waals surface area contributed by atoms with Crippen molar-refractivity contribution in [2.24, 2.45) is 0 Å². The highest BCUT2D eigenvalue weighted by Crippen LogP contribution is 2.20. The zero-order valence-electron chi connectivity index (χ0n) is 11.0. The van der Waals surface area contributed by atoms with E-state index in [9.17, 15) is 0 Å². The van der Waals surface area contributed by atoms with Gasteiger partial charge < -0.3 is 4.90 Å². The fourth-order valence-corrected chi connectivity index (χ4v) is 5.37. The number of thioether (sulfide) groups is 3. The molecule has 1 heterocycles. The SMILES string of the molecule is Brc1ccc(N2CCSCCSCCSCC2)cc1. The molecule has 19 heavy (non-hydrogen) atoms. The van der Waals surface area contributed by atoms with Gasteiger partial charge in [0.2, 0.25) is 0 Å². The van der Waals surface area contributed by atoms with Crippen molar-refractivity contribution in [1.82, 2.24) is 0 Å². The van der Waals surface area contributed by atoms with Gasteiger partial charge in [0, 0.05) is 57.8 Å². The molecule has 0 bridgehead atoms. The molecule has 1 fully saturated rings. The standard InChI is InChI=1S/C14H20BrNS3/c15-13-1-3-14(4-2-13)16-5-7-17-9-11-19-12-10-18-8-6-16/h1-4H,5-12H2. The molecule has 0 radical (unpaired) electrons. The van der Waals surface area contributed by atoms with Crippen molar-refractivity contribution in [3.05, 3.63) is 28.7 Å². The quantitative estimate of drug-likeness (QED) is 0.709. The highest BCUT2D eigenvalue weighted by atomic mass is 79.9. The van der Waals surface area contributed by atoms with Crippen molar-refractivity contribution in [1.29, 1.82) is 0 Å². The Morgan fingerprint density at radius 2 is 1.21 bits per heavy atom. The van der Waals surface area contributed by atoms with E-state index in [1.54, 1.807) is 0 Å². The molecule has 0 N–H and O–H groups in total. The zero-order chi connectivity index (χ0) is 13.3. The summed E-state index contributed by atoms with van der Waals surface area (Å²) in [4.78, 5) is 2.53. The highest BCUT2D eigenvalue weighted by molar-refractivity contribution is 9.10. The first kappa shape index (κ1) is 15.9. The number of halogens is 1. The molecular formula is C14H20BrNS3. The van der Waals surface area contributed by atoms with Crippen LogP contribution in [0.4, 0.5) is 5.69 Å². The summed E-state index contributed by atoms with van der Waals surface area (Å²) < 4.78 is 1.16. The number of hydrogen-bond donors (Lipinski definition) is 0. The third-order valence-electron chi connectivity index (χ3n) is 2.95. The summed E-state index contributed by atoms with van der Waals surface area (Å²) in [5.41, 5.74) is 1.36. The first-order chi connectivity index (χ1) is 9.36. The van der Waals surface area contributed by atoms with Gasteiger partial charge in [-0.3, -0.25) is 0 Å². The van der Waals surface area contributed by atoms with Gasteiger partial charge in [-0.1, -0.05) is 15.9 Å². The van der Waals surface area contributed by atoms with Gasteiger partial charge in [0.25, 0.3) is 0 Å². The minimum Gasteiger partial charge on any atom is -0.370 e. The lowest BCUT2D eigenvalue weighted by atomic mass is 10.3. The third kappa shape index (κ3) is 6.23. The topological polar surface area (TPSA) is 3.24 Å². The van der Waals surface area contributed by atoms with Gasteiger partial charge in [0.15, 0.2) is 0 Å². The molecule has 1 saturated heterocycles. The molecule has 0 spiro atoms. The van der Waals surface area contributed by atoms with Crippen molar-refractivity contribution in [3.63, 3.8) is 0 Å². The number of rotatable bonds is 1. The van der Waals surface area contributed by atoms with Crippen LogP contribution >= 0.6 is 51.2 Å². The van der Waals surface area contributed by atoms with E-state index >= 15 is 0 Å². The van der Waals surface area contributed by atoms with Gasteiger partial charge >= 0.3 is 0 Å². The lowest BCUT2D eigenvalue weighted by Gasteiger charge is -2.25. The number of nitrogens with zero attached hydrogens (tertiary/aromatic N) is 1. The molecule has 1 aliphatic heterocycles. The van der Waals surface area contributed by atoms with E-state index in [0.29, 0.717) is 0 Å². The monoisotopic (exact) mass is 377 g/mol. The third-order valence-corrected chi connectivity index (χ3v) is 6.91. The van der Waals surface area contributed by atoms with Crippen LogP contribution in [0, 0.1) is 0 Å². The number of anilines is 1. The number of benzene rings is 1. The normalized spacial score (nSPS) is 19.5. The molecule has 0 atom stereocenters. The second-order valence-electron chi connectivity index (χ2n) is 4.30. The second kappa shape index (κ2) is 9.48. The van der Waals surface area contributed by atoms with Crippen LogP contribution in [0.3, 0.4) is 0 Å². The van der Waals surface area contributed by atoms with Crippen LogP contribution in [0.1, 0.15) is 0 Å². The Balaban J connectivity index is 1.92. The summed E-state index contributed by atoms with van der Waals surface area (Å²) in [6.07, 6.45) is 0. The first-order valence-electron chi connectivity index (χ1n) is 6.60. The Kier molecular flexibility index (Phi) is 7.95. The molecule has 0 aromatic heterocycles. The summed E-state index contributed by atoms with van der Waals surface area (Å²) >= 11 is 9.80. The molecule has 1 aromatic rings. The molecule has 0 aliphatic carbocycles. The predicted molar refractivity (Wildman–Crippen MR) is 98.3 cm³/mol. The van der Waals surface area contributed by atoms with Gasteiger partial charge in [-0.2, -0.15) is 35.3 Å². The molecule has 1 nitrogen and oxygen atoms in total. The van der Waals surface area contributed by atoms with E-state index in [0.717, 1.165) is 17.6 Å². The molecule has 5 heteroatoms. The highest BCUT2D eigenvalue weighted by Gasteiger charge is 2.07. The summed E-state index contributed by atoms with van der Waals surface area (Å²) in [7, 11) is 0. The zero-order valence-corrected chi connectivity index (χ0v) is 15.1. The van der Waals surface area contributed by atoms with Gasteiger partial charge in [0.05, 0.1) is 0 Å². The van der Waals surface area contributed by atoms with Crippen LogP contribution in [0.5, 0.6) is 0 Å². The van der Waals surface area contributed by atoms with Crippen molar-refractivity contribution in [3.8, 4) is 0 Å². The van der Waals surface area contributed by atoms with Crippen molar-refractivity contribution in [2.75, 3.05) is 52.5 Å². The fourth-order valence-electron chi connectivity index (χ4n) is 1.91.